The predicted octanol–water partition coefficient (Wildman–Crippen LogP) is 2.50. The second-order valence-corrected chi connectivity index (χ2v) is 4.33. The third-order valence-electron chi connectivity index (χ3n) is 1.95. The summed E-state index contributed by atoms with van der Waals surface area (Å²) in [7, 11) is 0. The highest BCUT2D eigenvalue weighted by Crippen LogP contribution is 2.19. The number of alkyl halides is 1. The average molecular weight is 244 g/mol. The topological polar surface area (TPSA) is 63.3 Å². The Bertz CT molecular complexity index is 345. The Balaban J connectivity index is 0.000000385. The molecule has 3 nitrogen and oxygen atoms in total. The van der Waals surface area contributed by atoms with Crippen molar-refractivity contribution in [3.8, 4) is 0 Å². The van der Waals surface area contributed by atoms with Crippen LogP contribution in [-0.4, -0.2) is 17.0 Å². The SMILES string of the molecule is Cc1ccccc1C(C)(C)N.O=C(O)CCl. The van der Waals surface area contributed by atoms with E-state index in [0.29, 0.717) is 0 Å². The van der Waals surface area contributed by atoms with E-state index >= 15 is 0 Å². The Morgan fingerprint density at radius 3 is 2.12 bits per heavy atom. The molecule has 1 rings (SSSR count). The van der Waals surface area contributed by atoms with E-state index in [1.54, 1.807) is 0 Å². The molecule has 0 aliphatic heterocycles. The maximum Gasteiger partial charge on any atom is 0.318 e. The molecule has 0 radical (unpaired) electrons. The van der Waals surface area contributed by atoms with E-state index in [2.05, 4.69) is 19.1 Å². The zero-order valence-corrected chi connectivity index (χ0v) is 10.6. The highest BCUT2D eigenvalue weighted by Gasteiger charge is 2.14. The fraction of sp³-hybridized carbons (Fsp3) is 0.417. The first-order valence-electron chi connectivity index (χ1n) is 4.91. The summed E-state index contributed by atoms with van der Waals surface area (Å²) < 4.78 is 0. The quantitative estimate of drug-likeness (QED) is 0.785. The smallest absolute Gasteiger partial charge is 0.318 e. The summed E-state index contributed by atoms with van der Waals surface area (Å²) in [6, 6.07) is 8.22. The van der Waals surface area contributed by atoms with Crippen molar-refractivity contribution in [3.05, 3.63) is 35.4 Å². The molecule has 0 amide bonds. The summed E-state index contributed by atoms with van der Waals surface area (Å²) in [5.41, 5.74) is 8.23. The van der Waals surface area contributed by atoms with Crippen LogP contribution >= 0.6 is 11.6 Å². The zero-order chi connectivity index (χ0) is 12.8. The lowest BCUT2D eigenvalue weighted by atomic mass is 9.92. The maximum absolute atomic E-state index is 9.24. The van der Waals surface area contributed by atoms with Gasteiger partial charge in [-0.3, -0.25) is 4.79 Å². The molecule has 0 atom stereocenters. The van der Waals surface area contributed by atoms with E-state index in [1.807, 2.05) is 26.0 Å². The van der Waals surface area contributed by atoms with Gasteiger partial charge in [-0.2, -0.15) is 0 Å². The fourth-order valence-electron chi connectivity index (χ4n) is 1.30. The molecular formula is C12H18ClNO2. The van der Waals surface area contributed by atoms with Gasteiger partial charge < -0.3 is 10.8 Å². The maximum atomic E-state index is 9.24. The van der Waals surface area contributed by atoms with Gasteiger partial charge in [0.1, 0.15) is 5.88 Å². The highest BCUT2D eigenvalue weighted by atomic mass is 35.5. The molecule has 0 aliphatic carbocycles. The molecular weight excluding hydrogens is 226 g/mol. The molecule has 0 heterocycles. The Kier molecular flexibility index (Phi) is 6.08. The van der Waals surface area contributed by atoms with Gasteiger partial charge in [-0.1, -0.05) is 24.3 Å². The van der Waals surface area contributed by atoms with Crippen molar-refractivity contribution in [2.45, 2.75) is 26.3 Å². The number of hydrogen-bond acceptors (Lipinski definition) is 2. The van der Waals surface area contributed by atoms with E-state index in [9.17, 15) is 4.79 Å². The standard InChI is InChI=1S/C10H15N.C2H3ClO2/c1-8-6-4-5-7-9(8)10(2,3)11;3-1-2(4)5/h4-7H,11H2,1-3H3;1H2,(H,4,5). The lowest BCUT2D eigenvalue weighted by Gasteiger charge is -2.21. The van der Waals surface area contributed by atoms with Gasteiger partial charge in [-0.25, -0.2) is 0 Å². The van der Waals surface area contributed by atoms with Gasteiger partial charge in [0.05, 0.1) is 0 Å². The summed E-state index contributed by atoms with van der Waals surface area (Å²) in [4.78, 5) is 9.24. The molecule has 0 spiro atoms. The first kappa shape index (κ1) is 14.9. The monoisotopic (exact) mass is 243 g/mol. The van der Waals surface area contributed by atoms with Crippen LogP contribution in [0.4, 0.5) is 0 Å². The highest BCUT2D eigenvalue weighted by molar-refractivity contribution is 6.26. The van der Waals surface area contributed by atoms with Crippen LogP contribution in [0, 0.1) is 6.92 Å². The third-order valence-corrected chi connectivity index (χ3v) is 2.18. The van der Waals surface area contributed by atoms with E-state index in [-0.39, 0.29) is 11.4 Å². The van der Waals surface area contributed by atoms with Crippen molar-refractivity contribution < 1.29 is 9.90 Å². The van der Waals surface area contributed by atoms with Crippen molar-refractivity contribution in [1.82, 2.24) is 0 Å². The van der Waals surface area contributed by atoms with E-state index in [4.69, 9.17) is 22.4 Å². The molecule has 16 heavy (non-hydrogen) atoms. The van der Waals surface area contributed by atoms with Crippen LogP contribution in [-0.2, 0) is 10.3 Å². The fourth-order valence-corrected chi connectivity index (χ4v) is 1.30. The molecule has 0 saturated carbocycles. The molecule has 0 aromatic heterocycles. The zero-order valence-electron chi connectivity index (χ0n) is 9.83. The van der Waals surface area contributed by atoms with Gasteiger partial charge in [-0.15, -0.1) is 11.6 Å². The van der Waals surface area contributed by atoms with Crippen LogP contribution < -0.4 is 5.73 Å². The van der Waals surface area contributed by atoms with Gasteiger partial charge in [0.15, 0.2) is 0 Å². The van der Waals surface area contributed by atoms with Crippen LogP contribution in [0.1, 0.15) is 25.0 Å². The van der Waals surface area contributed by atoms with Crippen LogP contribution in [0.2, 0.25) is 0 Å². The lowest BCUT2D eigenvalue weighted by molar-refractivity contribution is -0.134. The summed E-state index contributed by atoms with van der Waals surface area (Å²) in [6.07, 6.45) is 0. The molecule has 3 N–H and O–H groups in total. The normalized spacial score (nSPS) is 10.3. The van der Waals surface area contributed by atoms with Crippen molar-refractivity contribution >= 4 is 17.6 Å². The first-order chi connectivity index (χ1) is 7.29. The summed E-state index contributed by atoms with van der Waals surface area (Å²) in [5.74, 6) is -1.29. The second kappa shape index (κ2) is 6.51. The van der Waals surface area contributed by atoms with Crippen molar-refractivity contribution in [2.24, 2.45) is 5.73 Å². The summed E-state index contributed by atoms with van der Waals surface area (Å²) in [5, 5.41) is 7.59. The van der Waals surface area contributed by atoms with Gasteiger partial charge in [0.25, 0.3) is 0 Å². The average Bonchev–Trinajstić information content (AvgIpc) is 2.17. The summed E-state index contributed by atoms with van der Waals surface area (Å²) in [6.45, 7) is 6.13. The Morgan fingerprint density at radius 2 is 1.88 bits per heavy atom. The molecule has 0 fully saturated rings. The number of nitrogens with two attached hydrogens (primary N) is 1. The van der Waals surface area contributed by atoms with Crippen LogP contribution in [0.5, 0.6) is 0 Å². The minimum absolute atomic E-state index is 0.217. The number of halogens is 1. The van der Waals surface area contributed by atoms with Gasteiger partial charge in [0.2, 0.25) is 0 Å². The molecule has 0 saturated heterocycles. The lowest BCUT2D eigenvalue weighted by Crippen LogP contribution is -2.29. The number of aliphatic carboxylic acids is 1. The summed E-state index contributed by atoms with van der Waals surface area (Å²) >= 11 is 4.74. The molecule has 0 bridgehead atoms. The van der Waals surface area contributed by atoms with Crippen LogP contribution in [0.3, 0.4) is 0 Å². The van der Waals surface area contributed by atoms with Gasteiger partial charge in [0, 0.05) is 5.54 Å². The van der Waals surface area contributed by atoms with Gasteiger partial charge in [-0.05, 0) is 31.9 Å². The van der Waals surface area contributed by atoms with Crippen LogP contribution in [0.15, 0.2) is 24.3 Å². The van der Waals surface area contributed by atoms with Gasteiger partial charge >= 0.3 is 5.97 Å². The number of carboxylic acids is 1. The van der Waals surface area contributed by atoms with Crippen molar-refractivity contribution in [1.29, 1.82) is 0 Å². The second-order valence-electron chi connectivity index (χ2n) is 4.06. The molecule has 0 unspecified atom stereocenters. The molecule has 1 aromatic carbocycles. The number of hydrogen-bond donors (Lipinski definition) is 2. The Labute approximate surface area is 101 Å². The van der Waals surface area contributed by atoms with Crippen molar-refractivity contribution in [3.63, 3.8) is 0 Å². The molecule has 1 aromatic rings. The number of carbonyl (C=O) groups is 1. The Hall–Kier alpha value is -1.06. The Morgan fingerprint density at radius 1 is 1.44 bits per heavy atom. The molecule has 0 aliphatic rings. The predicted molar refractivity (Wildman–Crippen MR) is 66.7 cm³/mol. The molecule has 4 heteroatoms. The molecule has 90 valence electrons. The van der Waals surface area contributed by atoms with Crippen molar-refractivity contribution in [2.75, 3.05) is 5.88 Å². The number of carboxylic acid groups (broad SMARTS) is 1. The number of aryl methyl sites for hydroxylation is 1. The third kappa shape index (κ3) is 5.73. The number of rotatable bonds is 2. The van der Waals surface area contributed by atoms with E-state index < -0.39 is 5.97 Å². The minimum atomic E-state index is -0.980. The minimum Gasteiger partial charge on any atom is -0.480 e. The number of benzene rings is 1. The van der Waals surface area contributed by atoms with E-state index in [1.165, 1.54) is 11.1 Å². The first-order valence-corrected chi connectivity index (χ1v) is 5.45. The van der Waals surface area contributed by atoms with E-state index in [0.717, 1.165) is 0 Å². The largest absolute Gasteiger partial charge is 0.480 e. The van der Waals surface area contributed by atoms with Crippen LogP contribution in [0.25, 0.3) is 0 Å².